The van der Waals surface area contributed by atoms with Gasteiger partial charge in [-0.3, -0.25) is 9.69 Å². The third kappa shape index (κ3) is 3.51. The van der Waals surface area contributed by atoms with Crippen molar-refractivity contribution in [1.82, 2.24) is 14.9 Å². The maximum absolute atomic E-state index is 12.5. The highest BCUT2D eigenvalue weighted by Crippen LogP contribution is 2.25. The van der Waals surface area contributed by atoms with Crippen LogP contribution in [0.4, 0.5) is 0 Å². The molecule has 4 rings (SSSR count). The van der Waals surface area contributed by atoms with Crippen molar-refractivity contribution in [3.63, 3.8) is 0 Å². The number of nitrogens with one attached hydrogen (secondary N) is 1. The third-order valence-corrected chi connectivity index (χ3v) is 5.91. The summed E-state index contributed by atoms with van der Waals surface area (Å²) in [6.07, 6.45) is 0.763. The highest BCUT2D eigenvalue weighted by Gasteiger charge is 2.22. The molecule has 1 aromatic carbocycles. The molecule has 25 heavy (non-hydrogen) atoms. The van der Waals surface area contributed by atoms with Gasteiger partial charge >= 0.3 is 0 Å². The summed E-state index contributed by atoms with van der Waals surface area (Å²) in [4.78, 5) is 23.3. The number of aromatic amines is 1. The minimum Gasteiger partial charge on any atom is -0.306 e. The van der Waals surface area contributed by atoms with Crippen molar-refractivity contribution < 1.29 is 0 Å². The summed E-state index contributed by atoms with van der Waals surface area (Å²) in [5, 5.41) is 3.08. The molecule has 0 spiro atoms. The molecule has 7 heteroatoms. The molecule has 0 radical (unpaired) electrons. The third-order valence-electron chi connectivity index (χ3n) is 4.29. The van der Waals surface area contributed by atoms with Gasteiger partial charge in [0.2, 0.25) is 0 Å². The summed E-state index contributed by atoms with van der Waals surface area (Å²) in [6, 6.07) is 9.57. The number of benzene rings is 1. The lowest BCUT2D eigenvalue weighted by Crippen LogP contribution is -2.35. The van der Waals surface area contributed by atoms with Gasteiger partial charge in [-0.25, -0.2) is 4.98 Å². The number of thiophene rings is 1. The van der Waals surface area contributed by atoms with Gasteiger partial charge in [0.25, 0.3) is 5.56 Å². The zero-order chi connectivity index (χ0) is 17.4. The van der Waals surface area contributed by atoms with Gasteiger partial charge in [-0.15, -0.1) is 11.3 Å². The Morgan fingerprint density at radius 2 is 2.12 bits per heavy atom. The topological polar surface area (TPSA) is 49.0 Å². The smallest absolute Gasteiger partial charge is 0.255 e. The van der Waals surface area contributed by atoms with Gasteiger partial charge in [0.05, 0.1) is 26.2 Å². The summed E-state index contributed by atoms with van der Waals surface area (Å²) in [7, 11) is 0. The first-order valence-electron chi connectivity index (χ1n) is 7.92. The quantitative estimate of drug-likeness (QED) is 0.721. The van der Waals surface area contributed by atoms with E-state index < -0.39 is 0 Å². The minimum atomic E-state index is -0.0489. The predicted molar refractivity (Wildman–Crippen MR) is 102 cm³/mol. The Hall–Kier alpha value is -1.66. The van der Waals surface area contributed by atoms with E-state index in [4.69, 9.17) is 23.2 Å². The van der Waals surface area contributed by atoms with Crippen LogP contribution in [0, 0.1) is 0 Å². The van der Waals surface area contributed by atoms with E-state index in [9.17, 15) is 4.79 Å². The highest BCUT2D eigenvalue weighted by atomic mass is 35.5. The van der Waals surface area contributed by atoms with Crippen LogP contribution in [0.2, 0.25) is 10.0 Å². The standard InChI is InChI=1S/C18H15Cl2N3OS/c19-13-4-3-11(8-14(13)20)9-23-6-5-15-12(10-23)18(24)22-17(21-15)16-2-1-7-25-16/h1-4,7-8H,5-6,9-10H2,(H,21,22,24). The molecule has 4 nitrogen and oxygen atoms in total. The first-order chi connectivity index (χ1) is 12.1. The molecule has 0 amide bonds. The van der Waals surface area contributed by atoms with Crippen LogP contribution in [-0.2, 0) is 19.5 Å². The summed E-state index contributed by atoms with van der Waals surface area (Å²) in [6.45, 7) is 2.17. The van der Waals surface area contributed by atoms with Crippen molar-refractivity contribution in [2.75, 3.05) is 6.54 Å². The Morgan fingerprint density at radius 1 is 1.24 bits per heavy atom. The van der Waals surface area contributed by atoms with Crippen molar-refractivity contribution in [2.45, 2.75) is 19.5 Å². The van der Waals surface area contributed by atoms with Gasteiger partial charge in [0.1, 0.15) is 0 Å². The lowest BCUT2D eigenvalue weighted by molar-refractivity contribution is 0.242. The van der Waals surface area contributed by atoms with Crippen LogP contribution in [0.1, 0.15) is 16.8 Å². The Bertz CT molecular complexity index is 969. The van der Waals surface area contributed by atoms with E-state index in [-0.39, 0.29) is 5.56 Å². The molecule has 0 fully saturated rings. The number of nitrogens with zero attached hydrogens (tertiary/aromatic N) is 2. The molecule has 1 aliphatic heterocycles. The Kier molecular flexibility index (Phi) is 4.65. The molecular formula is C18H15Cl2N3OS. The highest BCUT2D eigenvalue weighted by molar-refractivity contribution is 7.13. The summed E-state index contributed by atoms with van der Waals surface area (Å²) in [5.41, 5.74) is 2.69. The Morgan fingerprint density at radius 3 is 2.88 bits per heavy atom. The number of fused-ring (bicyclic) bond motifs is 1. The van der Waals surface area contributed by atoms with Crippen LogP contribution in [0.5, 0.6) is 0 Å². The van der Waals surface area contributed by atoms with Crippen LogP contribution in [0.15, 0.2) is 40.5 Å². The Balaban J connectivity index is 1.57. The fraction of sp³-hybridized carbons (Fsp3) is 0.222. The van der Waals surface area contributed by atoms with E-state index >= 15 is 0 Å². The van der Waals surface area contributed by atoms with Crippen LogP contribution in [0.25, 0.3) is 10.7 Å². The molecule has 1 aliphatic rings. The van der Waals surface area contributed by atoms with Gasteiger partial charge in [-0.1, -0.05) is 35.3 Å². The summed E-state index contributed by atoms with van der Waals surface area (Å²) in [5.74, 6) is 0.664. The SMILES string of the molecule is O=c1[nH]c(-c2cccs2)nc2c1CN(Cc1ccc(Cl)c(Cl)c1)CC2. The van der Waals surface area contributed by atoms with Gasteiger partial charge in [0.15, 0.2) is 5.82 Å². The molecule has 0 atom stereocenters. The normalized spacial score (nSPS) is 14.5. The number of aromatic nitrogens is 2. The molecule has 0 aliphatic carbocycles. The van der Waals surface area contributed by atoms with Crippen LogP contribution < -0.4 is 5.56 Å². The molecule has 0 unspecified atom stereocenters. The monoisotopic (exact) mass is 391 g/mol. The lowest BCUT2D eigenvalue weighted by atomic mass is 10.1. The van der Waals surface area contributed by atoms with Crippen molar-refractivity contribution in [3.8, 4) is 10.7 Å². The lowest BCUT2D eigenvalue weighted by Gasteiger charge is -2.27. The average Bonchev–Trinajstić information content (AvgIpc) is 3.13. The molecule has 3 aromatic rings. The number of rotatable bonds is 3. The molecule has 2 aromatic heterocycles. The van der Waals surface area contributed by atoms with E-state index in [0.29, 0.717) is 22.4 Å². The number of H-pyrrole nitrogens is 1. The van der Waals surface area contributed by atoms with Crippen molar-refractivity contribution in [3.05, 3.63) is 72.9 Å². The zero-order valence-corrected chi connectivity index (χ0v) is 15.6. The van der Waals surface area contributed by atoms with E-state index in [0.717, 1.165) is 41.2 Å². The molecule has 1 N–H and O–H groups in total. The van der Waals surface area contributed by atoms with Crippen molar-refractivity contribution in [1.29, 1.82) is 0 Å². The van der Waals surface area contributed by atoms with Crippen molar-refractivity contribution >= 4 is 34.5 Å². The maximum Gasteiger partial charge on any atom is 0.255 e. The van der Waals surface area contributed by atoms with E-state index in [1.54, 1.807) is 17.4 Å². The number of hydrogen-bond donors (Lipinski definition) is 1. The maximum atomic E-state index is 12.5. The minimum absolute atomic E-state index is 0.0489. The number of hydrogen-bond acceptors (Lipinski definition) is 4. The number of halogens is 2. The first-order valence-corrected chi connectivity index (χ1v) is 9.56. The molecule has 0 saturated carbocycles. The van der Waals surface area contributed by atoms with E-state index in [1.165, 1.54) is 0 Å². The molecule has 0 bridgehead atoms. The molecule has 3 heterocycles. The second-order valence-electron chi connectivity index (χ2n) is 6.03. The second kappa shape index (κ2) is 6.92. The van der Waals surface area contributed by atoms with Gasteiger partial charge < -0.3 is 4.98 Å². The van der Waals surface area contributed by atoms with Crippen LogP contribution in [0.3, 0.4) is 0 Å². The van der Waals surface area contributed by atoms with Crippen LogP contribution in [-0.4, -0.2) is 21.4 Å². The molecular weight excluding hydrogens is 377 g/mol. The molecule has 128 valence electrons. The van der Waals surface area contributed by atoms with E-state index in [2.05, 4.69) is 14.9 Å². The van der Waals surface area contributed by atoms with Crippen molar-refractivity contribution in [2.24, 2.45) is 0 Å². The van der Waals surface area contributed by atoms with Gasteiger partial charge in [0, 0.05) is 26.1 Å². The zero-order valence-electron chi connectivity index (χ0n) is 13.3. The summed E-state index contributed by atoms with van der Waals surface area (Å²) < 4.78 is 0. The fourth-order valence-corrected chi connectivity index (χ4v) is 4.03. The van der Waals surface area contributed by atoms with Gasteiger partial charge in [-0.2, -0.15) is 0 Å². The summed E-state index contributed by atoms with van der Waals surface area (Å²) >= 11 is 13.6. The molecule has 0 saturated heterocycles. The second-order valence-corrected chi connectivity index (χ2v) is 7.79. The fourth-order valence-electron chi connectivity index (χ4n) is 3.04. The first kappa shape index (κ1) is 16.8. The van der Waals surface area contributed by atoms with Gasteiger partial charge in [-0.05, 0) is 29.1 Å². The Labute approximate surface area is 159 Å². The van der Waals surface area contributed by atoms with Crippen LogP contribution >= 0.6 is 34.5 Å². The average molecular weight is 392 g/mol. The van der Waals surface area contributed by atoms with E-state index in [1.807, 2.05) is 29.6 Å². The predicted octanol–water partition coefficient (Wildman–Crippen LogP) is 4.36. The largest absolute Gasteiger partial charge is 0.306 e.